The second kappa shape index (κ2) is 9.21. The van der Waals surface area contributed by atoms with Crippen LogP contribution in [0.25, 0.3) is 0 Å². The maximum atomic E-state index is 12.4. The van der Waals surface area contributed by atoms with Gasteiger partial charge in [-0.15, -0.1) is 0 Å². The smallest absolute Gasteiger partial charge is 0.324 e. The number of benzene rings is 1. The van der Waals surface area contributed by atoms with Gasteiger partial charge in [0.25, 0.3) is 5.91 Å². The second-order valence-corrected chi connectivity index (χ2v) is 8.42. The third kappa shape index (κ3) is 6.68. The number of hydrogen-bond acceptors (Lipinski definition) is 6. The third-order valence-corrected chi connectivity index (χ3v) is 5.67. The van der Waals surface area contributed by atoms with Crippen molar-refractivity contribution in [2.75, 3.05) is 18.6 Å². The first kappa shape index (κ1) is 19.7. The van der Waals surface area contributed by atoms with Crippen LogP contribution in [-0.2, 0) is 24.3 Å². The van der Waals surface area contributed by atoms with Crippen molar-refractivity contribution >= 4 is 33.7 Å². The molecule has 1 atom stereocenters. The van der Waals surface area contributed by atoms with Crippen LogP contribution in [0.15, 0.2) is 35.2 Å². The van der Waals surface area contributed by atoms with E-state index in [1.165, 1.54) is 23.9 Å². The molecule has 1 aromatic carbocycles. The summed E-state index contributed by atoms with van der Waals surface area (Å²) in [7, 11) is -3.84. The Kier molecular flexibility index (Phi) is 7.27. The molecule has 1 saturated carbocycles. The number of carbonyl (C=O) groups is 2. The molecule has 1 aromatic rings. The summed E-state index contributed by atoms with van der Waals surface area (Å²) in [5.74, 6) is -0.546. The van der Waals surface area contributed by atoms with Crippen LogP contribution in [0.1, 0.15) is 19.3 Å². The molecule has 1 aliphatic rings. The molecule has 0 unspecified atom stereocenters. The highest BCUT2D eigenvalue weighted by Gasteiger charge is 2.28. The highest BCUT2D eigenvalue weighted by Crippen LogP contribution is 2.18. The Morgan fingerprint density at radius 1 is 1.28 bits per heavy atom. The van der Waals surface area contributed by atoms with Crippen molar-refractivity contribution in [3.05, 3.63) is 30.3 Å². The van der Waals surface area contributed by atoms with Gasteiger partial charge >= 0.3 is 5.97 Å². The lowest BCUT2D eigenvalue weighted by Crippen LogP contribution is -2.43. The van der Waals surface area contributed by atoms with Gasteiger partial charge in [0.05, 0.1) is 4.90 Å². The molecule has 0 spiro atoms. The summed E-state index contributed by atoms with van der Waals surface area (Å²) < 4.78 is 32.2. The fourth-order valence-electron chi connectivity index (χ4n) is 2.05. The summed E-state index contributed by atoms with van der Waals surface area (Å²) in [5.41, 5.74) is 0. The largest absolute Gasteiger partial charge is 0.454 e. The molecule has 0 radical (unpaired) electrons. The first-order chi connectivity index (χ1) is 11.9. The fourth-order valence-corrected chi connectivity index (χ4v) is 3.76. The number of esters is 1. The van der Waals surface area contributed by atoms with Crippen LogP contribution in [0.5, 0.6) is 0 Å². The number of thioether (sulfide) groups is 1. The van der Waals surface area contributed by atoms with Crippen molar-refractivity contribution in [1.82, 2.24) is 10.0 Å². The van der Waals surface area contributed by atoms with E-state index in [2.05, 4.69) is 10.0 Å². The van der Waals surface area contributed by atoms with Crippen molar-refractivity contribution in [3.63, 3.8) is 0 Å². The molecule has 25 heavy (non-hydrogen) atoms. The van der Waals surface area contributed by atoms with Crippen LogP contribution in [-0.4, -0.2) is 51.0 Å². The SMILES string of the molecule is CSCC[C@H](NS(=O)(=O)c1ccccc1)C(=O)OCC(=O)NC1CC1. The first-order valence-electron chi connectivity index (χ1n) is 7.94. The van der Waals surface area contributed by atoms with Crippen LogP contribution in [0.3, 0.4) is 0 Å². The van der Waals surface area contributed by atoms with E-state index in [0.717, 1.165) is 12.8 Å². The summed E-state index contributed by atoms with van der Waals surface area (Å²) in [6, 6.07) is 6.95. The predicted molar refractivity (Wildman–Crippen MR) is 95.7 cm³/mol. The van der Waals surface area contributed by atoms with Crippen molar-refractivity contribution < 1.29 is 22.7 Å². The molecule has 138 valence electrons. The molecule has 7 nitrogen and oxygen atoms in total. The van der Waals surface area contributed by atoms with Crippen molar-refractivity contribution in [1.29, 1.82) is 0 Å². The van der Waals surface area contributed by atoms with Crippen molar-refractivity contribution in [3.8, 4) is 0 Å². The van der Waals surface area contributed by atoms with Gasteiger partial charge in [-0.1, -0.05) is 18.2 Å². The molecule has 2 rings (SSSR count). The maximum absolute atomic E-state index is 12.4. The summed E-state index contributed by atoms with van der Waals surface area (Å²) in [5, 5.41) is 2.71. The highest BCUT2D eigenvalue weighted by molar-refractivity contribution is 7.98. The lowest BCUT2D eigenvalue weighted by atomic mass is 10.2. The van der Waals surface area contributed by atoms with E-state index in [9.17, 15) is 18.0 Å². The minimum absolute atomic E-state index is 0.0726. The third-order valence-electron chi connectivity index (χ3n) is 3.53. The monoisotopic (exact) mass is 386 g/mol. The molecule has 0 heterocycles. The molecule has 2 N–H and O–H groups in total. The van der Waals surface area contributed by atoms with E-state index < -0.39 is 28.6 Å². The average molecular weight is 386 g/mol. The summed E-state index contributed by atoms with van der Waals surface area (Å²) in [4.78, 5) is 23.9. The minimum Gasteiger partial charge on any atom is -0.454 e. The number of sulfonamides is 1. The van der Waals surface area contributed by atoms with Crippen LogP contribution < -0.4 is 10.0 Å². The molecular formula is C16H22N2O5S2. The van der Waals surface area contributed by atoms with E-state index in [0.29, 0.717) is 5.75 Å². The molecular weight excluding hydrogens is 364 g/mol. The predicted octanol–water partition coefficient (Wildman–Crippen LogP) is 0.908. The maximum Gasteiger partial charge on any atom is 0.324 e. The Morgan fingerprint density at radius 3 is 2.56 bits per heavy atom. The number of hydrogen-bond donors (Lipinski definition) is 2. The molecule has 0 saturated heterocycles. The molecule has 0 aromatic heterocycles. The zero-order chi connectivity index (χ0) is 18.3. The van der Waals surface area contributed by atoms with Crippen LogP contribution in [0, 0.1) is 0 Å². The summed E-state index contributed by atoms with van der Waals surface area (Å²) >= 11 is 1.49. The summed E-state index contributed by atoms with van der Waals surface area (Å²) in [6.07, 6.45) is 4.01. The van der Waals surface area contributed by atoms with Gasteiger partial charge in [-0.2, -0.15) is 16.5 Å². The minimum atomic E-state index is -3.84. The van der Waals surface area contributed by atoms with Gasteiger partial charge in [-0.3, -0.25) is 9.59 Å². The lowest BCUT2D eigenvalue weighted by molar-refractivity contribution is -0.150. The van der Waals surface area contributed by atoms with E-state index in [-0.39, 0.29) is 23.3 Å². The van der Waals surface area contributed by atoms with Gasteiger partial charge in [0, 0.05) is 6.04 Å². The van der Waals surface area contributed by atoms with Gasteiger partial charge < -0.3 is 10.1 Å². The first-order valence-corrected chi connectivity index (χ1v) is 10.8. The molecule has 0 aliphatic heterocycles. The van der Waals surface area contributed by atoms with Gasteiger partial charge in [0.2, 0.25) is 10.0 Å². The Hall–Kier alpha value is -1.58. The summed E-state index contributed by atoms with van der Waals surface area (Å²) in [6.45, 7) is -0.405. The number of nitrogens with one attached hydrogen (secondary N) is 2. The van der Waals surface area contributed by atoms with Crippen LogP contribution in [0.2, 0.25) is 0 Å². The van der Waals surface area contributed by atoms with Crippen molar-refractivity contribution in [2.24, 2.45) is 0 Å². The Balaban J connectivity index is 1.96. The zero-order valence-electron chi connectivity index (χ0n) is 13.9. The quantitative estimate of drug-likeness (QED) is 0.580. The normalized spacial score (nSPS) is 15.4. The standard InChI is InChI=1S/C16H22N2O5S2/c1-24-10-9-14(16(20)23-11-15(19)17-12-7-8-12)18-25(21,22)13-5-3-2-4-6-13/h2-6,12,14,18H,7-11H2,1H3,(H,17,19)/t14-/m0/s1. The van der Waals surface area contributed by atoms with Gasteiger partial charge in [-0.05, 0) is 43.4 Å². The topological polar surface area (TPSA) is 102 Å². The zero-order valence-corrected chi connectivity index (χ0v) is 15.6. The van der Waals surface area contributed by atoms with Gasteiger partial charge in [0.1, 0.15) is 6.04 Å². The van der Waals surface area contributed by atoms with Crippen LogP contribution >= 0.6 is 11.8 Å². The molecule has 0 bridgehead atoms. The van der Waals surface area contributed by atoms with E-state index in [1.54, 1.807) is 18.2 Å². The Bertz CT molecular complexity index is 690. The van der Waals surface area contributed by atoms with Gasteiger partial charge in [0.15, 0.2) is 6.61 Å². The second-order valence-electron chi connectivity index (χ2n) is 5.72. The fraction of sp³-hybridized carbons (Fsp3) is 0.500. The average Bonchev–Trinajstić information content (AvgIpc) is 3.41. The molecule has 1 fully saturated rings. The number of rotatable bonds is 10. The number of ether oxygens (including phenoxy) is 1. The highest BCUT2D eigenvalue weighted by atomic mass is 32.2. The van der Waals surface area contributed by atoms with E-state index in [4.69, 9.17) is 4.74 Å². The number of amides is 1. The van der Waals surface area contributed by atoms with E-state index in [1.807, 2.05) is 6.26 Å². The Labute approximate surface area is 151 Å². The molecule has 1 amide bonds. The Morgan fingerprint density at radius 2 is 1.96 bits per heavy atom. The molecule has 1 aliphatic carbocycles. The van der Waals surface area contributed by atoms with Crippen molar-refractivity contribution in [2.45, 2.75) is 36.2 Å². The number of carbonyl (C=O) groups excluding carboxylic acids is 2. The van der Waals surface area contributed by atoms with Gasteiger partial charge in [-0.25, -0.2) is 8.42 Å². The van der Waals surface area contributed by atoms with E-state index >= 15 is 0 Å². The van der Waals surface area contributed by atoms with Crippen LogP contribution in [0.4, 0.5) is 0 Å². The molecule has 9 heteroatoms. The lowest BCUT2D eigenvalue weighted by Gasteiger charge is -2.17.